The van der Waals surface area contributed by atoms with E-state index in [0.717, 1.165) is 13.7 Å². The lowest BCUT2D eigenvalue weighted by atomic mass is 10.2. The van der Waals surface area contributed by atoms with Crippen molar-refractivity contribution in [1.29, 1.82) is 0 Å². The van der Waals surface area contributed by atoms with Gasteiger partial charge in [0.15, 0.2) is 0 Å². The Kier molecular flexibility index (Phi) is 2.18. The van der Waals surface area contributed by atoms with E-state index in [1.165, 1.54) is 11.3 Å². The molecule has 0 atom stereocenters. The standard InChI is InChI=1S/C8H4ClIOS/c9-6-3-12-8-5(6)1-4(10)2-7(8)11/h1-3,11H. The Balaban J connectivity index is 2.92. The van der Waals surface area contributed by atoms with Gasteiger partial charge in [0.25, 0.3) is 0 Å². The van der Waals surface area contributed by atoms with Gasteiger partial charge in [0.2, 0.25) is 0 Å². The van der Waals surface area contributed by atoms with Crippen LogP contribution in [0.15, 0.2) is 17.5 Å². The second kappa shape index (κ2) is 3.05. The van der Waals surface area contributed by atoms with Crippen LogP contribution >= 0.6 is 45.5 Å². The molecule has 0 unspecified atom stereocenters. The molecular weight excluding hydrogens is 307 g/mol. The number of phenolic OH excluding ortho intramolecular Hbond substituents is 1. The van der Waals surface area contributed by atoms with Gasteiger partial charge in [0.1, 0.15) is 5.75 Å². The molecule has 0 fully saturated rings. The van der Waals surface area contributed by atoms with Crippen LogP contribution in [0.2, 0.25) is 5.02 Å². The Morgan fingerprint density at radius 3 is 2.92 bits per heavy atom. The Morgan fingerprint density at radius 2 is 2.17 bits per heavy atom. The average Bonchev–Trinajstić information content (AvgIpc) is 2.33. The van der Waals surface area contributed by atoms with Gasteiger partial charge in [-0.3, -0.25) is 0 Å². The van der Waals surface area contributed by atoms with E-state index < -0.39 is 0 Å². The van der Waals surface area contributed by atoms with E-state index in [4.69, 9.17) is 11.6 Å². The fourth-order valence-electron chi connectivity index (χ4n) is 1.05. The van der Waals surface area contributed by atoms with Crippen molar-refractivity contribution >= 4 is 55.6 Å². The minimum Gasteiger partial charge on any atom is -0.506 e. The van der Waals surface area contributed by atoms with Crippen LogP contribution < -0.4 is 0 Å². The minimum atomic E-state index is 0.314. The summed E-state index contributed by atoms with van der Waals surface area (Å²) in [5.41, 5.74) is 0. The molecule has 2 rings (SSSR count). The van der Waals surface area contributed by atoms with Crippen LogP contribution in [0.5, 0.6) is 5.75 Å². The minimum absolute atomic E-state index is 0.314. The molecule has 1 nitrogen and oxygen atoms in total. The van der Waals surface area contributed by atoms with Gasteiger partial charge in [0, 0.05) is 14.3 Å². The first-order valence-corrected chi connectivity index (χ1v) is 5.57. The van der Waals surface area contributed by atoms with Crippen LogP contribution in [0.1, 0.15) is 0 Å². The number of thiophene rings is 1. The maximum atomic E-state index is 9.51. The summed E-state index contributed by atoms with van der Waals surface area (Å²) in [5.74, 6) is 0.314. The third kappa shape index (κ3) is 1.30. The lowest BCUT2D eigenvalue weighted by Crippen LogP contribution is -1.71. The fraction of sp³-hybridized carbons (Fsp3) is 0. The van der Waals surface area contributed by atoms with Gasteiger partial charge >= 0.3 is 0 Å². The van der Waals surface area contributed by atoms with Crippen molar-refractivity contribution in [3.63, 3.8) is 0 Å². The average molecular weight is 311 g/mol. The molecule has 1 N–H and O–H groups in total. The molecule has 0 saturated heterocycles. The molecule has 12 heavy (non-hydrogen) atoms. The van der Waals surface area contributed by atoms with Gasteiger partial charge in [-0.05, 0) is 34.7 Å². The van der Waals surface area contributed by atoms with E-state index in [9.17, 15) is 5.11 Å². The van der Waals surface area contributed by atoms with Crippen molar-refractivity contribution in [3.8, 4) is 5.75 Å². The molecule has 1 aromatic carbocycles. The molecule has 0 bridgehead atoms. The summed E-state index contributed by atoms with van der Waals surface area (Å²) in [7, 11) is 0. The molecule has 0 amide bonds. The van der Waals surface area contributed by atoms with Gasteiger partial charge in [-0.1, -0.05) is 11.6 Å². The third-order valence-corrected chi connectivity index (χ3v) is 3.65. The van der Waals surface area contributed by atoms with Crippen molar-refractivity contribution < 1.29 is 5.11 Å². The predicted octanol–water partition coefficient (Wildman–Crippen LogP) is 3.86. The summed E-state index contributed by atoms with van der Waals surface area (Å²) in [5, 5.41) is 13.0. The SMILES string of the molecule is Oc1cc(I)cc2c(Cl)csc12. The second-order valence-electron chi connectivity index (χ2n) is 2.39. The zero-order valence-electron chi connectivity index (χ0n) is 5.84. The van der Waals surface area contributed by atoms with Crippen LogP contribution in [0.3, 0.4) is 0 Å². The van der Waals surface area contributed by atoms with Crippen LogP contribution in [-0.4, -0.2) is 5.11 Å². The van der Waals surface area contributed by atoms with Gasteiger partial charge in [-0.15, -0.1) is 11.3 Å². The Labute approximate surface area is 92.1 Å². The third-order valence-electron chi connectivity index (χ3n) is 1.57. The molecule has 0 radical (unpaired) electrons. The highest BCUT2D eigenvalue weighted by Crippen LogP contribution is 2.37. The first kappa shape index (κ1) is 8.59. The zero-order valence-corrected chi connectivity index (χ0v) is 9.57. The molecule has 2 aromatic rings. The van der Waals surface area contributed by atoms with Crippen molar-refractivity contribution in [2.45, 2.75) is 0 Å². The quantitative estimate of drug-likeness (QED) is 0.733. The summed E-state index contributed by atoms with van der Waals surface area (Å²) in [6.07, 6.45) is 0. The molecule has 0 spiro atoms. The Hall–Kier alpha value is -0.000000000000000139. The van der Waals surface area contributed by atoms with Crippen LogP contribution in [0.4, 0.5) is 0 Å². The summed E-state index contributed by atoms with van der Waals surface area (Å²) in [6.45, 7) is 0. The van der Waals surface area contributed by atoms with E-state index in [1.807, 2.05) is 11.4 Å². The van der Waals surface area contributed by atoms with Gasteiger partial charge < -0.3 is 5.11 Å². The van der Waals surface area contributed by atoms with Crippen LogP contribution in [-0.2, 0) is 0 Å². The number of hydrogen-bond donors (Lipinski definition) is 1. The monoisotopic (exact) mass is 310 g/mol. The number of halogens is 2. The lowest BCUT2D eigenvalue weighted by Gasteiger charge is -1.95. The first-order chi connectivity index (χ1) is 5.68. The van der Waals surface area contributed by atoms with E-state index in [0.29, 0.717) is 10.8 Å². The smallest absolute Gasteiger partial charge is 0.134 e. The predicted molar refractivity (Wildman–Crippen MR) is 61.2 cm³/mol. The largest absolute Gasteiger partial charge is 0.506 e. The molecule has 62 valence electrons. The van der Waals surface area contributed by atoms with Gasteiger partial charge in [0.05, 0.1) is 9.72 Å². The van der Waals surface area contributed by atoms with E-state index in [2.05, 4.69) is 22.6 Å². The summed E-state index contributed by atoms with van der Waals surface area (Å²) in [4.78, 5) is 0. The lowest BCUT2D eigenvalue weighted by molar-refractivity contribution is 0.482. The summed E-state index contributed by atoms with van der Waals surface area (Å²) in [6, 6.07) is 3.70. The number of aromatic hydroxyl groups is 1. The highest BCUT2D eigenvalue weighted by atomic mass is 127. The highest BCUT2D eigenvalue weighted by Gasteiger charge is 2.06. The normalized spacial score (nSPS) is 10.8. The Morgan fingerprint density at radius 1 is 1.42 bits per heavy atom. The fourth-order valence-corrected chi connectivity index (χ4v) is 2.82. The molecule has 4 heteroatoms. The number of benzene rings is 1. The molecule has 0 saturated carbocycles. The van der Waals surface area contributed by atoms with E-state index >= 15 is 0 Å². The van der Waals surface area contributed by atoms with Crippen molar-refractivity contribution in [1.82, 2.24) is 0 Å². The van der Waals surface area contributed by atoms with Crippen molar-refractivity contribution in [3.05, 3.63) is 26.1 Å². The van der Waals surface area contributed by atoms with Crippen molar-refractivity contribution in [2.75, 3.05) is 0 Å². The molecule has 0 aliphatic rings. The molecule has 1 heterocycles. The van der Waals surface area contributed by atoms with Crippen molar-refractivity contribution in [2.24, 2.45) is 0 Å². The second-order valence-corrected chi connectivity index (χ2v) is 4.92. The maximum absolute atomic E-state index is 9.51. The maximum Gasteiger partial charge on any atom is 0.134 e. The van der Waals surface area contributed by atoms with E-state index in [-0.39, 0.29) is 0 Å². The summed E-state index contributed by atoms with van der Waals surface area (Å²) >= 11 is 9.53. The number of fused-ring (bicyclic) bond motifs is 1. The van der Waals surface area contributed by atoms with E-state index in [1.54, 1.807) is 6.07 Å². The molecule has 1 aromatic heterocycles. The highest BCUT2D eigenvalue weighted by molar-refractivity contribution is 14.1. The number of rotatable bonds is 0. The van der Waals surface area contributed by atoms with Gasteiger partial charge in [-0.2, -0.15) is 0 Å². The van der Waals surface area contributed by atoms with Gasteiger partial charge in [-0.25, -0.2) is 0 Å². The number of hydrogen-bond acceptors (Lipinski definition) is 2. The molecule has 0 aliphatic heterocycles. The molecular formula is C8H4ClIOS. The Bertz CT molecular complexity index is 438. The first-order valence-electron chi connectivity index (χ1n) is 3.23. The topological polar surface area (TPSA) is 20.2 Å². The molecule has 0 aliphatic carbocycles. The van der Waals surface area contributed by atoms with Crippen LogP contribution in [0.25, 0.3) is 10.1 Å². The zero-order chi connectivity index (χ0) is 8.72. The summed E-state index contributed by atoms with van der Waals surface area (Å²) < 4.78 is 1.86. The van der Waals surface area contributed by atoms with Crippen LogP contribution in [0, 0.1) is 3.57 Å². The number of phenols is 1.